The van der Waals surface area contributed by atoms with Crippen molar-refractivity contribution in [2.75, 3.05) is 0 Å². The van der Waals surface area contributed by atoms with E-state index in [-0.39, 0.29) is 0 Å². The summed E-state index contributed by atoms with van der Waals surface area (Å²) in [4.78, 5) is 0. The normalized spacial score (nSPS) is 11.2. The third-order valence-corrected chi connectivity index (χ3v) is 3.29. The zero-order valence-corrected chi connectivity index (χ0v) is 10.0. The van der Waals surface area contributed by atoms with Crippen LogP contribution in [0.25, 0.3) is 21.9 Å². The monoisotopic (exact) mass is 243 g/mol. The highest BCUT2D eigenvalue weighted by atomic mass is 35.5. The van der Waals surface area contributed by atoms with Crippen LogP contribution in [0.15, 0.2) is 34.7 Å². The molecule has 0 bridgehead atoms. The highest BCUT2D eigenvalue weighted by Gasteiger charge is 2.10. The lowest BCUT2D eigenvalue weighted by Crippen LogP contribution is -1.84. The van der Waals surface area contributed by atoms with Crippen LogP contribution >= 0.6 is 11.6 Å². The molecule has 2 aromatic carbocycles. The summed E-state index contributed by atoms with van der Waals surface area (Å²) in [5, 5.41) is 10.0. The van der Waals surface area contributed by atoms with E-state index in [1.165, 1.54) is 6.21 Å². The highest BCUT2D eigenvalue weighted by molar-refractivity contribution is 6.35. The number of furan rings is 1. The van der Waals surface area contributed by atoms with Gasteiger partial charge in [0.15, 0.2) is 5.58 Å². The van der Waals surface area contributed by atoms with Crippen LogP contribution in [0.2, 0.25) is 5.02 Å². The number of benzene rings is 2. The first kappa shape index (κ1) is 10.4. The molecule has 1 aromatic heterocycles. The van der Waals surface area contributed by atoms with Crippen molar-refractivity contribution >= 4 is 39.8 Å². The second-order valence-electron chi connectivity index (χ2n) is 4.07. The number of fused-ring (bicyclic) bond motifs is 3. The van der Waals surface area contributed by atoms with E-state index in [0.29, 0.717) is 10.6 Å². The van der Waals surface area contributed by atoms with E-state index in [9.17, 15) is 0 Å². The average molecular weight is 244 g/mol. The molecule has 1 N–H and O–H groups in total. The summed E-state index contributed by atoms with van der Waals surface area (Å²) < 4.78 is 5.76. The van der Waals surface area contributed by atoms with E-state index in [4.69, 9.17) is 21.4 Å². The number of para-hydroxylation sites is 1. The molecule has 3 heteroatoms. The van der Waals surface area contributed by atoms with Crippen LogP contribution in [0.3, 0.4) is 0 Å². The van der Waals surface area contributed by atoms with Crippen LogP contribution in [0, 0.1) is 12.3 Å². The van der Waals surface area contributed by atoms with Gasteiger partial charge in [-0.25, -0.2) is 0 Å². The summed E-state index contributed by atoms with van der Waals surface area (Å²) in [5.74, 6) is 0. The van der Waals surface area contributed by atoms with Gasteiger partial charge >= 0.3 is 0 Å². The minimum atomic E-state index is 0.618. The Morgan fingerprint density at radius 1 is 1.24 bits per heavy atom. The molecule has 0 radical (unpaired) electrons. The predicted octanol–water partition coefficient (Wildman–Crippen LogP) is 4.55. The molecule has 3 rings (SSSR count). The van der Waals surface area contributed by atoms with Gasteiger partial charge in [0.1, 0.15) is 5.58 Å². The number of hydrogen-bond donors (Lipinski definition) is 1. The fraction of sp³-hybridized carbons (Fsp3) is 0.0714. The lowest BCUT2D eigenvalue weighted by molar-refractivity contribution is 0.668. The van der Waals surface area contributed by atoms with Gasteiger partial charge in [0.2, 0.25) is 0 Å². The molecule has 0 aliphatic carbocycles. The van der Waals surface area contributed by atoms with Crippen LogP contribution in [-0.2, 0) is 0 Å². The van der Waals surface area contributed by atoms with Gasteiger partial charge in [-0.3, -0.25) is 0 Å². The Hall–Kier alpha value is -1.80. The molecule has 0 atom stereocenters. The quantitative estimate of drug-likeness (QED) is 0.626. The van der Waals surface area contributed by atoms with E-state index in [0.717, 1.165) is 27.5 Å². The van der Waals surface area contributed by atoms with Crippen molar-refractivity contribution in [2.45, 2.75) is 6.92 Å². The Labute approximate surface area is 103 Å². The van der Waals surface area contributed by atoms with Crippen molar-refractivity contribution in [3.05, 3.63) is 46.5 Å². The van der Waals surface area contributed by atoms with Crippen LogP contribution in [0.5, 0.6) is 0 Å². The van der Waals surface area contributed by atoms with Gasteiger partial charge in [0.25, 0.3) is 0 Å². The van der Waals surface area contributed by atoms with Gasteiger partial charge < -0.3 is 9.83 Å². The first-order valence-corrected chi connectivity index (χ1v) is 5.70. The molecule has 1 heterocycles. The number of rotatable bonds is 1. The molecule has 2 nitrogen and oxygen atoms in total. The second kappa shape index (κ2) is 3.60. The van der Waals surface area contributed by atoms with E-state index in [1.54, 1.807) is 0 Å². The Morgan fingerprint density at radius 3 is 2.82 bits per heavy atom. The Kier molecular flexibility index (Phi) is 2.20. The van der Waals surface area contributed by atoms with Crippen LogP contribution in [0.1, 0.15) is 11.1 Å². The topological polar surface area (TPSA) is 37.0 Å². The summed E-state index contributed by atoms with van der Waals surface area (Å²) in [5.41, 5.74) is 3.46. The second-order valence-corrected chi connectivity index (χ2v) is 4.48. The number of nitrogens with one attached hydrogen (secondary N) is 1. The van der Waals surface area contributed by atoms with E-state index in [2.05, 4.69) is 0 Å². The molecule has 0 aliphatic heterocycles. The maximum Gasteiger partial charge on any atom is 0.153 e. The smallest absolute Gasteiger partial charge is 0.153 e. The number of halogens is 1. The van der Waals surface area contributed by atoms with Crippen molar-refractivity contribution < 1.29 is 4.42 Å². The van der Waals surface area contributed by atoms with Gasteiger partial charge in [-0.05, 0) is 36.2 Å². The predicted molar refractivity (Wildman–Crippen MR) is 71.4 cm³/mol. The largest absolute Gasteiger partial charge is 0.454 e. The molecule has 0 saturated heterocycles. The third kappa shape index (κ3) is 1.45. The molecule has 0 fully saturated rings. The molecule has 3 aromatic rings. The maximum atomic E-state index is 7.38. The molecule has 0 aliphatic rings. The Balaban J connectivity index is 2.53. The lowest BCUT2D eigenvalue weighted by Gasteiger charge is -1.98. The minimum absolute atomic E-state index is 0.618. The lowest BCUT2D eigenvalue weighted by atomic mass is 10.1. The number of aryl methyl sites for hydroxylation is 1. The van der Waals surface area contributed by atoms with Crippen molar-refractivity contribution in [1.29, 1.82) is 5.41 Å². The molecule has 84 valence electrons. The van der Waals surface area contributed by atoms with Gasteiger partial charge in [-0.2, -0.15) is 0 Å². The van der Waals surface area contributed by atoms with Crippen molar-refractivity contribution in [3.63, 3.8) is 0 Å². The van der Waals surface area contributed by atoms with E-state index >= 15 is 0 Å². The van der Waals surface area contributed by atoms with Gasteiger partial charge in [0.05, 0.1) is 5.02 Å². The summed E-state index contributed by atoms with van der Waals surface area (Å²) >= 11 is 6.10. The standard InChI is InChI=1S/C14H10ClNO/c1-8-5-13-11(6-9(8)7-16)10-3-2-4-12(15)14(10)17-13/h2-7,16H,1H3. The van der Waals surface area contributed by atoms with Crippen molar-refractivity contribution in [2.24, 2.45) is 0 Å². The fourth-order valence-electron chi connectivity index (χ4n) is 2.08. The first-order chi connectivity index (χ1) is 8.20. The summed E-state index contributed by atoms with van der Waals surface area (Å²) in [7, 11) is 0. The fourth-order valence-corrected chi connectivity index (χ4v) is 2.30. The highest BCUT2D eigenvalue weighted by Crippen LogP contribution is 2.34. The van der Waals surface area contributed by atoms with E-state index in [1.807, 2.05) is 37.3 Å². The Morgan fingerprint density at radius 2 is 2.06 bits per heavy atom. The van der Waals surface area contributed by atoms with Crippen LogP contribution in [-0.4, -0.2) is 6.21 Å². The Bertz CT molecular complexity index is 743. The molecule has 0 saturated carbocycles. The number of hydrogen-bond acceptors (Lipinski definition) is 2. The van der Waals surface area contributed by atoms with Crippen molar-refractivity contribution in [1.82, 2.24) is 0 Å². The molecular weight excluding hydrogens is 234 g/mol. The molecule has 17 heavy (non-hydrogen) atoms. The van der Waals surface area contributed by atoms with Gasteiger partial charge in [0, 0.05) is 17.0 Å². The minimum Gasteiger partial charge on any atom is -0.454 e. The summed E-state index contributed by atoms with van der Waals surface area (Å²) in [6, 6.07) is 9.63. The molecular formula is C14H10ClNO. The first-order valence-electron chi connectivity index (χ1n) is 5.32. The molecule has 0 spiro atoms. The van der Waals surface area contributed by atoms with Crippen LogP contribution in [0.4, 0.5) is 0 Å². The molecule has 0 amide bonds. The van der Waals surface area contributed by atoms with Crippen LogP contribution < -0.4 is 0 Å². The van der Waals surface area contributed by atoms with Gasteiger partial charge in [-0.15, -0.1) is 0 Å². The zero-order chi connectivity index (χ0) is 12.0. The maximum absolute atomic E-state index is 7.38. The van der Waals surface area contributed by atoms with Gasteiger partial charge in [-0.1, -0.05) is 23.7 Å². The summed E-state index contributed by atoms with van der Waals surface area (Å²) in [6.07, 6.45) is 1.36. The summed E-state index contributed by atoms with van der Waals surface area (Å²) in [6.45, 7) is 1.97. The van der Waals surface area contributed by atoms with E-state index < -0.39 is 0 Å². The third-order valence-electron chi connectivity index (χ3n) is 2.99. The van der Waals surface area contributed by atoms with Crippen molar-refractivity contribution in [3.8, 4) is 0 Å². The average Bonchev–Trinajstić information content (AvgIpc) is 2.67. The molecule has 0 unspecified atom stereocenters. The SMILES string of the molecule is Cc1cc2oc3c(Cl)cccc3c2cc1C=N. The zero-order valence-electron chi connectivity index (χ0n) is 9.25.